The summed E-state index contributed by atoms with van der Waals surface area (Å²) in [5.74, 6) is 0. The van der Waals surface area contributed by atoms with E-state index in [-0.39, 0.29) is 0 Å². The van der Waals surface area contributed by atoms with Gasteiger partial charge in [-0.05, 0) is 43.0 Å². The second-order valence-corrected chi connectivity index (χ2v) is 7.66. The van der Waals surface area contributed by atoms with Crippen LogP contribution in [0.1, 0.15) is 29.4 Å². The van der Waals surface area contributed by atoms with Gasteiger partial charge in [-0.15, -0.1) is 0 Å². The number of hydrogen-bond donors (Lipinski definition) is 0. The van der Waals surface area contributed by atoms with Crippen molar-refractivity contribution in [1.82, 2.24) is 14.1 Å². The van der Waals surface area contributed by atoms with Gasteiger partial charge in [-0.1, -0.05) is 19.1 Å². The Bertz CT molecular complexity index is 792. The van der Waals surface area contributed by atoms with Crippen molar-refractivity contribution >= 4 is 10.0 Å². The maximum absolute atomic E-state index is 12.8. The van der Waals surface area contributed by atoms with E-state index in [1.807, 2.05) is 26.1 Å². The first-order valence-corrected chi connectivity index (χ1v) is 8.98. The summed E-state index contributed by atoms with van der Waals surface area (Å²) in [4.78, 5) is 0.368. The molecular formula is C16H21N3O2S. The maximum atomic E-state index is 12.8. The minimum atomic E-state index is -3.45. The van der Waals surface area contributed by atoms with Crippen molar-refractivity contribution in [3.63, 3.8) is 0 Å². The fraction of sp³-hybridized carbons (Fsp3) is 0.438. The third-order valence-electron chi connectivity index (χ3n) is 4.38. The molecule has 1 aliphatic heterocycles. The van der Waals surface area contributed by atoms with E-state index in [1.165, 1.54) is 5.56 Å². The smallest absolute Gasteiger partial charge is 0.243 e. The van der Waals surface area contributed by atoms with Crippen LogP contribution in [0.25, 0.3) is 0 Å². The molecule has 0 spiro atoms. The van der Waals surface area contributed by atoms with Gasteiger partial charge in [0.2, 0.25) is 10.0 Å². The number of nitrogens with zero attached hydrogens (tertiary/aromatic N) is 3. The van der Waals surface area contributed by atoms with E-state index in [2.05, 4.69) is 12.0 Å². The average molecular weight is 319 g/mol. The van der Waals surface area contributed by atoms with Crippen LogP contribution in [-0.4, -0.2) is 29.0 Å². The molecule has 5 nitrogen and oxygen atoms in total. The Kier molecular flexibility index (Phi) is 3.82. The Morgan fingerprint density at radius 2 is 1.91 bits per heavy atom. The van der Waals surface area contributed by atoms with Gasteiger partial charge < -0.3 is 0 Å². The van der Waals surface area contributed by atoms with Crippen molar-refractivity contribution in [1.29, 1.82) is 0 Å². The van der Waals surface area contributed by atoms with Crippen LogP contribution in [0, 0.1) is 6.92 Å². The predicted molar refractivity (Wildman–Crippen MR) is 85.1 cm³/mol. The molecule has 2 heterocycles. The number of aryl methyl sites for hydroxylation is 3. The van der Waals surface area contributed by atoms with E-state index in [4.69, 9.17) is 0 Å². The largest absolute Gasteiger partial charge is 0.271 e. The Balaban J connectivity index is 1.92. The lowest BCUT2D eigenvalue weighted by Crippen LogP contribution is -2.36. The molecule has 0 radical (unpaired) electrons. The molecule has 118 valence electrons. The van der Waals surface area contributed by atoms with Crippen molar-refractivity contribution in [2.75, 3.05) is 6.54 Å². The monoisotopic (exact) mass is 319 g/mol. The van der Waals surface area contributed by atoms with Gasteiger partial charge in [-0.3, -0.25) is 4.68 Å². The first kappa shape index (κ1) is 15.2. The standard InChI is InChI=1S/C16H21N3O2S/c1-4-13-5-7-14(8-6-13)22(20,21)19-10-9-15-12(2)17-18(3)16(15)11-19/h5-8H,4,9-11H2,1-3H3. The van der Waals surface area contributed by atoms with E-state index in [0.717, 1.165) is 29.8 Å². The molecule has 0 fully saturated rings. The maximum Gasteiger partial charge on any atom is 0.243 e. The summed E-state index contributed by atoms with van der Waals surface area (Å²) in [5.41, 5.74) is 4.33. The predicted octanol–water partition coefficient (Wildman–Crippen LogP) is 2.04. The summed E-state index contributed by atoms with van der Waals surface area (Å²) in [6, 6.07) is 7.18. The molecule has 0 aliphatic carbocycles. The highest BCUT2D eigenvalue weighted by atomic mass is 32.2. The number of hydrogen-bond acceptors (Lipinski definition) is 3. The number of rotatable bonds is 3. The van der Waals surface area contributed by atoms with Crippen LogP contribution < -0.4 is 0 Å². The van der Waals surface area contributed by atoms with Gasteiger partial charge in [0.15, 0.2) is 0 Å². The average Bonchev–Trinajstić information content (AvgIpc) is 2.81. The second-order valence-electron chi connectivity index (χ2n) is 5.72. The van der Waals surface area contributed by atoms with E-state index in [1.54, 1.807) is 21.1 Å². The zero-order valence-electron chi connectivity index (χ0n) is 13.2. The zero-order chi connectivity index (χ0) is 15.9. The summed E-state index contributed by atoms with van der Waals surface area (Å²) in [6.07, 6.45) is 1.63. The number of aromatic nitrogens is 2. The van der Waals surface area contributed by atoms with Crippen LogP contribution in [0.15, 0.2) is 29.2 Å². The van der Waals surface area contributed by atoms with E-state index >= 15 is 0 Å². The van der Waals surface area contributed by atoms with Crippen LogP contribution in [0.4, 0.5) is 0 Å². The van der Waals surface area contributed by atoms with Gasteiger partial charge in [0.05, 0.1) is 22.8 Å². The molecule has 0 N–H and O–H groups in total. The van der Waals surface area contributed by atoms with Gasteiger partial charge in [-0.2, -0.15) is 9.40 Å². The molecule has 1 aromatic carbocycles. The van der Waals surface area contributed by atoms with Crippen molar-refractivity contribution in [3.8, 4) is 0 Å². The highest BCUT2D eigenvalue weighted by Crippen LogP contribution is 2.26. The summed E-state index contributed by atoms with van der Waals surface area (Å²) >= 11 is 0. The van der Waals surface area contributed by atoms with Crippen molar-refractivity contribution in [2.24, 2.45) is 7.05 Å². The van der Waals surface area contributed by atoms with E-state index < -0.39 is 10.0 Å². The number of fused-ring (bicyclic) bond motifs is 1. The molecule has 6 heteroatoms. The van der Waals surface area contributed by atoms with Crippen LogP contribution >= 0.6 is 0 Å². The van der Waals surface area contributed by atoms with Gasteiger partial charge in [0.25, 0.3) is 0 Å². The Hall–Kier alpha value is -1.66. The lowest BCUT2D eigenvalue weighted by Gasteiger charge is -2.27. The molecule has 22 heavy (non-hydrogen) atoms. The third-order valence-corrected chi connectivity index (χ3v) is 6.24. The molecule has 1 aromatic heterocycles. The summed E-state index contributed by atoms with van der Waals surface area (Å²) in [6.45, 7) is 4.94. The van der Waals surface area contributed by atoms with Crippen molar-refractivity contribution < 1.29 is 8.42 Å². The lowest BCUT2D eigenvalue weighted by molar-refractivity contribution is 0.379. The molecule has 1 aliphatic rings. The van der Waals surface area contributed by atoms with Crippen LogP contribution in [0.3, 0.4) is 0 Å². The SMILES string of the molecule is CCc1ccc(S(=O)(=O)N2CCc3c(C)nn(C)c3C2)cc1. The summed E-state index contributed by atoms with van der Waals surface area (Å²) in [7, 11) is -1.57. The Morgan fingerprint density at radius 3 is 2.55 bits per heavy atom. The minimum Gasteiger partial charge on any atom is -0.271 e. The summed E-state index contributed by atoms with van der Waals surface area (Å²) in [5, 5.41) is 4.40. The van der Waals surface area contributed by atoms with Crippen molar-refractivity contribution in [2.45, 2.75) is 38.1 Å². The quantitative estimate of drug-likeness (QED) is 0.870. The first-order valence-electron chi connectivity index (χ1n) is 7.54. The normalized spacial score (nSPS) is 15.8. The Labute approximate surface area is 131 Å². The number of benzene rings is 1. The molecule has 2 aromatic rings. The van der Waals surface area contributed by atoms with Gasteiger partial charge in [0.1, 0.15) is 0 Å². The van der Waals surface area contributed by atoms with Gasteiger partial charge >= 0.3 is 0 Å². The van der Waals surface area contributed by atoms with Gasteiger partial charge in [-0.25, -0.2) is 8.42 Å². The van der Waals surface area contributed by atoms with Gasteiger partial charge in [0, 0.05) is 13.6 Å². The fourth-order valence-corrected chi connectivity index (χ4v) is 4.41. The highest BCUT2D eigenvalue weighted by molar-refractivity contribution is 7.89. The third kappa shape index (κ3) is 2.46. The summed E-state index contributed by atoms with van der Waals surface area (Å²) < 4.78 is 29.0. The minimum absolute atomic E-state index is 0.368. The van der Waals surface area contributed by atoms with Crippen LogP contribution in [-0.2, 0) is 36.5 Å². The molecule has 3 rings (SSSR count). The molecular weight excluding hydrogens is 298 g/mol. The Morgan fingerprint density at radius 1 is 1.23 bits per heavy atom. The first-order chi connectivity index (χ1) is 10.4. The number of sulfonamides is 1. The molecule has 0 saturated carbocycles. The zero-order valence-corrected chi connectivity index (χ0v) is 14.0. The fourth-order valence-electron chi connectivity index (χ4n) is 3.01. The van der Waals surface area contributed by atoms with Crippen molar-refractivity contribution in [3.05, 3.63) is 46.8 Å². The lowest BCUT2D eigenvalue weighted by atomic mass is 10.1. The molecule has 0 amide bonds. The topological polar surface area (TPSA) is 55.2 Å². The van der Waals surface area contributed by atoms with E-state index in [9.17, 15) is 8.42 Å². The second kappa shape index (κ2) is 5.52. The molecule has 0 bridgehead atoms. The molecule has 0 unspecified atom stereocenters. The van der Waals surface area contributed by atoms with Crippen LogP contribution in [0.2, 0.25) is 0 Å². The molecule has 0 atom stereocenters. The van der Waals surface area contributed by atoms with Crippen LogP contribution in [0.5, 0.6) is 0 Å². The van der Waals surface area contributed by atoms with E-state index in [0.29, 0.717) is 18.0 Å². The highest BCUT2D eigenvalue weighted by Gasteiger charge is 2.30. The molecule has 0 saturated heterocycles.